The molecular formula is C13H26O2. The molecule has 1 rings (SSSR count). The second-order valence-electron chi connectivity index (χ2n) is 6.27. The van der Waals surface area contributed by atoms with E-state index in [1.54, 1.807) is 0 Å². The van der Waals surface area contributed by atoms with Gasteiger partial charge in [0.2, 0.25) is 0 Å². The van der Waals surface area contributed by atoms with Gasteiger partial charge in [-0.25, -0.2) is 0 Å². The fourth-order valence-corrected chi connectivity index (χ4v) is 2.21. The lowest BCUT2D eigenvalue weighted by Gasteiger charge is -2.25. The van der Waals surface area contributed by atoms with Gasteiger partial charge in [0.25, 0.3) is 0 Å². The van der Waals surface area contributed by atoms with Gasteiger partial charge in [-0.05, 0) is 32.1 Å². The summed E-state index contributed by atoms with van der Waals surface area (Å²) in [7, 11) is 0. The highest BCUT2D eigenvalue weighted by molar-refractivity contribution is 4.84. The molecule has 15 heavy (non-hydrogen) atoms. The van der Waals surface area contributed by atoms with Gasteiger partial charge in [0.1, 0.15) is 0 Å². The van der Waals surface area contributed by atoms with E-state index in [2.05, 4.69) is 27.7 Å². The fourth-order valence-electron chi connectivity index (χ4n) is 2.21. The van der Waals surface area contributed by atoms with E-state index in [4.69, 9.17) is 9.47 Å². The maximum Gasteiger partial charge on any atom is 0.163 e. The lowest BCUT2D eigenvalue weighted by molar-refractivity contribution is -0.148. The van der Waals surface area contributed by atoms with Gasteiger partial charge in [-0.1, -0.05) is 34.1 Å². The SMILES string of the molecule is CCCC1OC(C)(C)O[C@H]1CC(C)(C)C. The largest absolute Gasteiger partial charge is 0.345 e. The highest BCUT2D eigenvalue weighted by Gasteiger charge is 2.41. The van der Waals surface area contributed by atoms with Crippen molar-refractivity contribution in [3.8, 4) is 0 Å². The van der Waals surface area contributed by atoms with Crippen molar-refractivity contribution in [3.63, 3.8) is 0 Å². The molecular weight excluding hydrogens is 188 g/mol. The Bertz CT molecular complexity index is 203. The zero-order valence-electron chi connectivity index (χ0n) is 11.1. The normalized spacial score (nSPS) is 30.8. The van der Waals surface area contributed by atoms with E-state index < -0.39 is 5.79 Å². The van der Waals surface area contributed by atoms with E-state index in [9.17, 15) is 0 Å². The molecule has 0 aromatic heterocycles. The molecule has 1 aliphatic heterocycles. The highest BCUT2D eigenvalue weighted by atomic mass is 16.7. The van der Waals surface area contributed by atoms with E-state index in [1.165, 1.54) is 0 Å². The molecule has 1 aliphatic rings. The lowest BCUT2D eigenvalue weighted by Crippen LogP contribution is -2.27. The minimum Gasteiger partial charge on any atom is -0.345 e. The van der Waals surface area contributed by atoms with Crippen molar-refractivity contribution in [2.24, 2.45) is 5.41 Å². The van der Waals surface area contributed by atoms with Crippen LogP contribution in [0, 0.1) is 5.41 Å². The number of ether oxygens (including phenoxy) is 2. The Morgan fingerprint density at radius 3 is 2.07 bits per heavy atom. The Morgan fingerprint density at radius 2 is 1.60 bits per heavy atom. The van der Waals surface area contributed by atoms with Gasteiger partial charge in [-0.2, -0.15) is 0 Å². The van der Waals surface area contributed by atoms with E-state index >= 15 is 0 Å². The topological polar surface area (TPSA) is 18.5 Å². The van der Waals surface area contributed by atoms with Gasteiger partial charge in [0.15, 0.2) is 5.79 Å². The fraction of sp³-hybridized carbons (Fsp3) is 1.00. The molecule has 1 unspecified atom stereocenters. The van der Waals surface area contributed by atoms with Gasteiger partial charge < -0.3 is 9.47 Å². The van der Waals surface area contributed by atoms with Crippen LogP contribution in [0.1, 0.15) is 60.8 Å². The van der Waals surface area contributed by atoms with Gasteiger partial charge >= 0.3 is 0 Å². The van der Waals surface area contributed by atoms with Gasteiger partial charge in [0.05, 0.1) is 12.2 Å². The summed E-state index contributed by atoms with van der Waals surface area (Å²) >= 11 is 0. The van der Waals surface area contributed by atoms with Crippen LogP contribution < -0.4 is 0 Å². The molecule has 1 heterocycles. The minimum absolute atomic E-state index is 0.264. The second-order valence-corrected chi connectivity index (χ2v) is 6.27. The Hall–Kier alpha value is -0.0800. The third-order valence-corrected chi connectivity index (χ3v) is 2.67. The first-order chi connectivity index (χ1) is 6.73. The van der Waals surface area contributed by atoms with Crippen LogP contribution in [0.25, 0.3) is 0 Å². The molecule has 0 spiro atoms. The standard InChI is InChI=1S/C13H26O2/c1-7-8-10-11(9-12(2,3)4)15-13(5,6)14-10/h10-11H,7-9H2,1-6H3/t10?,11-/m0/s1. The zero-order chi connectivity index (χ0) is 11.7. The first kappa shape index (κ1) is 13.0. The summed E-state index contributed by atoms with van der Waals surface area (Å²) in [4.78, 5) is 0. The Balaban J connectivity index is 2.61. The highest BCUT2D eigenvalue weighted by Crippen LogP contribution is 2.36. The first-order valence-electron chi connectivity index (χ1n) is 6.09. The monoisotopic (exact) mass is 214 g/mol. The quantitative estimate of drug-likeness (QED) is 0.712. The van der Waals surface area contributed by atoms with Crippen LogP contribution in [-0.2, 0) is 9.47 Å². The Labute approximate surface area is 94.3 Å². The molecule has 0 N–H and O–H groups in total. The molecule has 0 saturated carbocycles. The molecule has 2 nitrogen and oxygen atoms in total. The Morgan fingerprint density at radius 1 is 1.07 bits per heavy atom. The predicted molar refractivity (Wildman–Crippen MR) is 62.8 cm³/mol. The number of hydrogen-bond acceptors (Lipinski definition) is 2. The zero-order valence-corrected chi connectivity index (χ0v) is 11.1. The maximum atomic E-state index is 5.97. The van der Waals surface area contributed by atoms with Crippen LogP contribution in [0.5, 0.6) is 0 Å². The van der Waals surface area contributed by atoms with Gasteiger partial charge in [-0.3, -0.25) is 0 Å². The number of hydrogen-bond donors (Lipinski definition) is 0. The molecule has 1 fully saturated rings. The van der Waals surface area contributed by atoms with Crippen LogP contribution >= 0.6 is 0 Å². The molecule has 1 saturated heterocycles. The minimum atomic E-state index is -0.393. The lowest BCUT2D eigenvalue weighted by atomic mass is 9.87. The predicted octanol–water partition coefficient (Wildman–Crippen LogP) is 3.74. The van der Waals surface area contributed by atoms with Crippen molar-refractivity contribution in [1.29, 1.82) is 0 Å². The summed E-state index contributed by atoms with van der Waals surface area (Å²) < 4.78 is 11.9. The second kappa shape index (κ2) is 4.42. The molecule has 2 atom stereocenters. The molecule has 90 valence electrons. The van der Waals surface area contributed by atoms with Crippen LogP contribution in [0.15, 0.2) is 0 Å². The van der Waals surface area contributed by atoms with E-state index in [1.807, 2.05) is 13.8 Å². The summed E-state index contributed by atoms with van der Waals surface area (Å²) in [5.74, 6) is -0.393. The average Bonchev–Trinajstić information content (AvgIpc) is 2.23. The molecule has 0 amide bonds. The molecule has 0 aromatic carbocycles. The van der Waals surface area contributed by atoms with Gasteiger partial charge in [-0.15, -0.1) is 0 Å². The van der Waals surface area contributed by atoms with Crippen LogP contribution in [0.3, 0.4) is 0 Å². The summed E-state index contributed by atoms with van der Waals surface area (Å²) in [5.41, 5.74) is 0.306. The molecule has 0 aliphatic carbocycles. The van der Waals surface area contributed by atoms with Crippen molar-refractivity contribution in [3.05, 3.63) is 0 Å². The van der Waals surface area contributed by atoms with Crippen LogP contribution in [0.4, 0.5) is 0 Å². The van der Waals surface area contributed by atoms with Crippen molar-refractivity contribution in [1.82, 2.24) is 0 Å². The first-order valence-corrected chi connectivity index (χ1v) is 6.09. The van der Waals surface area contributed by atoms with Crippen LogP contribution in [0.2, 0.25) is 0 Å². The van der Waals surface area contributed by atoms with Crippen molar-refractivity contribution in [2.75, 3.05) is 0 Å². The van der Waals surface area contributed by atoms with Crippen molar-refractivity contribution in [2.45, 2.75) is 78.8 Å². The summed E-state index contributed by atoms with van der Waals surface area (Å²) in [5, 5.41) is 0. The average molecular weight is 214 g/mol. The number of rotatable bonds is 3. The van der Waals surface area contributed by atoms with E-state index in [-0.39, 0.29) is 12.2 Å². The van der Waals surface area contributed by atoms with Gasteiger partial charge in [0, 0.05) is 0 Å². The van der Waals surface area contributed by atoms with Crippen molar-refractivity contribution < 1.29 is 9.47 Å². The molecule has 2 heteroatoms. The maximum absolute atomic E-state index is 5.97. The molecule has 0 radical (unpaired) electrons. The van der Waals surface area contributed by atoms with E-state index in [0.717, 1.165) is 19.3 Å². The summed E-state index contributed by atoms with van der Waals surface area (Å²) in [6, 6.07) is 0. The summed E-state index contributed by atoms with van der Waals surface area (Å²) in [6.07, 6.45) is 3.87. The molecule has 0 aromatic rings. The third kappa shape index (κ3) is 4.12. The summed E-state index contributed by atoms with van der Waals surface area (Å²) in [6.45, 7) is 13.0. The third-order valence-electron chi connectivity index (χ3n) is 2.67. The molecule has 0 bridgehead atoms. The smallest absolute Gasteiger partial charge is 0.163 e. The van der Waals surface area contributed by atoms with Crippen LogP contribution in [-0.4, -0.2) is 18.0 Å². The van der Waals surface area contributed by atoms with E-state index in [0.29, 0.717) is 5.41 Å². The van der Waals surface area contributed by atoms with Crippen molar-refractivity contribution >= 4 is 0 Å². The Kier molecular flexibility index (Phi) is 3.83.